The van der Waals surface area contributed by atoms with Gasteiger partial charge in [-0.1, -0.05) is 48.0 Å². The second-order valence-electron chi connectivity index (χ2n) is 7.51. The Bertz CT molecular complexity index is 1190. The summed E-state index contributed by atoms with van der Waals surface area (Å²) in [6, 6.07) is 17.6. The van der Waals surface area contributed by atoms with Crippen LogP contribution >= 0.6 is 11.6 Å². The van der Waals surface area contributed by atoms with Crippen molar-refractivity contribution >= 4 is 45.8 Å². The van der Waals surface area contributed by atoms with Gasteiger partial charge >= 0.3 is 0 Å². The van der Waals surface area contributed by atoms with E-state index >= 15 is 0 Å². The number of hydrogen-bond acceptors (Lipinski definition) is 3. The molecule has 0 spiro atoms. The highest BCUT2D eigenvalue weighted by Crippen LogP contribution is 2.37. The molecule has 4 rings (SSSR count). The lowest BCUT2D eigenvalue weighted by molar-refractivity contribution is -0.139. The van der Waals surface area contributed by atoms with Crippen LogP contribution in [0, 0.1) is 0 Å². The fourth-order valence-corrected chi connectivity index (χ4v) is 4.20. The van der Waals surface area contributed by atoms with E-state index in [1.807, 2.05) is 36.4 Å². The maximum atomic E-state index is 13.4. The quantitative estimate of drug-likeness (QED) is 0.643. The highest BCUT2D eigenvalue weighted by molar-refractivity contribution is 6.30. The molecule has 31 heavy (non-hydrogen) atoms. The van der Waals surface area contributed by atoms with E-state index in [4.69, 9.17) is 11.6 Å². The number of nitrogens with zero attached hydrogens (tertiary/aromatic N) is 2. The molecule has 3 aromatic rings. The van der Waals surface area contributed by atoms with Crippen molar-refractivity contribution < 1.29 is 14.4 Å². The third kappa shape index (κ3) is 3.86. The van der Waals surface area contributed by atoms with Gasteiger partial charge in [-0.05, 0) is 42.1 Å². The Balaban J connectivity index is 1.64. The van der Waals surface area contributed by atoms with Gasteiger partial charge < -0.3 is 10.2 Å². The van der Waals surface area contributed by atoms with Crippen LogP contribution in [0.4, 0.5) is 5.69 Å². The van der Waals surface area contributed by atoms with Crippen LogP contribution in [0.2, 0.25) is 5.02 Å². The highest BCUT2D eigenvalue weighted by atomic mass is 35.5. The van der Waals surface area contributed by atoms with Crippen molar-refractivity contribution in [3.63, 3.8) is 0 Å². The lowest BCUT2D eigenvalue weighted by atomic mass is 10.1. The molecular weight excluding hydrogens is 414 g/mol. The van der Waals surface area contributed by atoms with E-state index in [1.54, 1.807) is 31.2 Å². The van der Waals surface area contributed by atoms with Gasteiger partial charge in [0, 0.05) is 29.6 Å². The van der Waals surface area contributed by atoms with E-state index in [0.29, 0.717) is 16.3 Å². The Kier molecular flexibility index (Phi) is 5.65. The molecule has 0 saturated carbocycles. The largest absolute Gasteiger partial charge is 0.357 e. The molecule has 158 valence electrons. The van der Waals surface area contributed by atoms with Crippen LogP contribution in [0.5, 0.6) is 0 Å². The maximum absolute atomic E-state index is 13.4. The minimum absolute atomic E-state index is 0.158. The lowest BCUT2D eigenvalue weighted by Gasteiger charge is -2.30. The van der Waals surface area contributed by atoms with Crippen molar-refractivity contribution in [2.45, 2.75) is 19.5 Å². The monoisotopic (exact) mass is 435 g/mol. The van der Waals surface area contributed by atoms with E-state index in [0.717, 1.165) is 16.3 Å². The number of carbonyl (C=O) groups excluding carboxylic acids is 3. The van der Waals surface area contributed by atoms with E-state index in [1.165, 1.54) is 16.8 Å². The van der Waals surface area contributed by atoms with Gasteiger partial charge in [-0.3, -0.25) is 19.3 Å². The molecule has 1 atom stereocenters. The van der Waals surface area contributed by atoms with Gasteiger partial charge in [-0.15, -0.1) is 0 Å². The molecule has 1 heterocycles. The first-order chi connectivity index (χ1) is 14.9. The van der Waals surface area contributed by atoms with Gasteiger partial charge in [0.1, 0.15) is 12.6 Å². The van der Waals surface area contributed by atoms with E-state index in [-0.39, 0.29) is 30.8 Å². The smallest absolute Gasteiger partial charge is 0.259 e. The van der Waals surface area contributed by atoms with Gasteiger partial charge in [0.05, 0.1) is 5.69 Å². The summed E-state index contributed by atoms with van der Waals surface area (Å²) in [5.41, 5.74) is 2.10. The Labute approximate surface area is 185 Å². The molecule has 0 fully saturated rings. The van der Waals surface area contributed by atoms with Crippen molar-refractivity contribution in [3.8, 4) is 0 Å². The van der Waals surface area contributed by atoms with Crippen LogP contribution in [0.25, 0.3) is 10.8 Å². The van der Waals surface area contributed by atoms with Crippen molar-refractivity contribution in [3.05, 3.63) is 76.8 Å². The van der Waals surface area contributed by atoms with Crippen LogP contribution in [0.15, 0.2) is 60.7 Å². The molecule has 3 amide bonds. The first kappa shape index (κ1) is 20.9. The molecule has 1 aliphatic rings. The minimum atomic E-state index is -0.715. The zero-order valence-corrected chi connectivity index (χ0v) is 18.0. The lowest BCUT2D eigenvalue weighted by Crippen LogP contribution is -2.50. The number of hydrogen-bond donors (Lipinski definition) is 1. The van der Waals surface area contributed by atoms with Crippen LogP contribution in [0.1, 0.15) is 22.8 Å². The third-order valence-corrected chi connectivity index (χ3v) is 5.83. The molecule has 6 nitrogen and oxygen atoms in total. The standard InChI is InChI=1S/C24H22ClN3O3/c1-15(23(30)26-2)27(13-16-6-3-9-18(25)12-16)21(29)14-28-20-11-5-8-17-7-4-10-19(22(17)20)24(28)31/h3-12,15H,13-14H2,1-2H3,(H,26,30)/t15-/m0/s1. The normalized spacial score (nSPS) is 13.4. The maximum Gasteiger partial charge on any atom is 0.259 e. The summed E-state index contributed by atoms with van der Waals surface area (Å²) in [6.07, 6.45) is 0. The summed E-state index contributed by atoms with van der Waals surface area (Å²) in [4.78, 5) is 41.7. The molecule has 0 saturated heterocycles. The highest BCUT2D eigenvalue weighted by Gasteiger charge is 2.34. The molecule has 0 radical (unpaired) electrons. The van der Waals surface area contributed by atoms with Gasteiger partial charge in [0.15, 0.2) is 0 Å². The molecule has 7 heteroatoms. The Morgan fingerprint density at radius 2 is 1.81 bits per heavy atom. The summed E-state index contributed by atoms with van der Waals surface area (Å²) >= 11 is 6.10. The number of halogens is 1. The molecule has 1 aliphatic heterocycles. The summed E-state index contributed by atoms with van der Waals surface area (Å²) in [5, 5.41) is 4.94. The fraction of sp³-hybridized carbons (Fsp3) is 0.208. The van der Waals surface area contributed by atoms with Gasteiger partial charge in [0.25, 0.3) is 5.91 Å². The summed E-state index contributed by atoms with van der Waals surface area (Å²) in [6.45, 7) is 1.71. The van der Waals surface area contributed by atoms with Crippen molar-refractivity contribution in [1.82, 2.24) is 10.2 Å². The zero-order chi connectivity index (χ0) is 22.1. The molecule has 0 aromatic heterocycles. The number of nitrogens with one attached hydrogen (secondary N) is 1. The average molecular weight is 436 g/mol. The zero-order valence-electron chi connectivity index (χ0n) is 17.3. The fourth-order valence-electron chi connectivity index (χ4n) is 3.99. The van der Waals surface area contributed by atoms with E-state index < -0.39 is 6.04 Å². The second kappa shape index (κ2) is 8.40. The van der Waals surface area contributed by atoms with Crippen molar-refractivity contribution in [2.24, 2.45) is 0 Å². The Morgan fingerprint density at radius 3 is 2.52 bits per heavy atom. The number of anilines is 1. The first-order valence-electron chi connectivity index (χ1n) is 10.00. The average Bonchev–Trinajstić information content (AvgIpc) is 3.04. The number of rotatable bonds is 6. The van der Waals surface area contributed by atoms with Crippen LogP contribution < -0.4 is 10.2 Å². The minimum Gasteiger partial charge on any atom is -0.357 e. The van der Waals surface area contributed by atoms with Crippen LogP contribution in [0.3, 0.4) is 0 Å². The van der Waals surface area contributed by atoms with E-state index in [9.17, 15) is 14.4 Å². The van der Waals surface area contributed by atoms with Gasteiger partial charge in [-0.2, -0.15) is 0 Å². The molecule has 1 N–H and O–H groups in total. The summed E-state index contributed by atoms with van der Waals surface area (Å²) in [7, 11) is 1.53. The molecule has 0 unspecified atom stereocenters. The number of carbonyl (C=O) groups is 3. The number of benzene rings is 3. The number of amides is 3. The topological polar surface area (TPSA) is 69.7 Å². The summed E-state index contributed by atoms with van der Waals surface area (Å²) in [5.74, 6) is -0.821. The predicted octanol–water partition coefficient (Wildman–Crippen LogP) is 3.62. The molecular formula is C24H22ClN3O3. The summed E-state index contributed by atoms with van der Waals surface area (Å²) < 4.78 is 0. The van der Waals surface area contributed by atoms with Crippen LogP contribution in [-0.4, -0.2) is 42.3 Å². The van der Waals surface area contributed by atoms with Crippen molar-refractivity contribution in [1.29, 1.82) is 0 Å². The predicted molar refractivity (Wildman–Crippen MR) is 121 cm³/mol. The second-order valence-corrected chi connectivity index (χ2v) is 7.95. The SMILES string of the molecule is CNC(=O)[C@H](C)N(Cc1cccc(Cl)c1)C(=O)CN1C(=O)c2cccc3cccc1c23. The molecule has 0 aliphatic carbocycles. The first-order valence-corrected chi connectivity index (χ1v) is 10.4. The van der Waals surface area contributed by atoms with Gasteiger partial charge in [-0.25, -0.2) is 0 Å². The molecule has 3 aromatic carbocycles. The van der Waals surface area contributed by atoms with Crippen molar-refractivity contribution in [2.75, 3.05) is 18.5 Å². The Hall–Kier alpha value is -3.38. The van der Waals surface area contributed by atoms with E-state index in [2.05, 4.69) is 5.32 Å². The van der Waals surface area contributed by atoms with Crippen LogP contribution in [-0.2, 0) is 16.1 Å². The Morgan fingerprint density at radius 1 is 1.10 bits per heavy atom. The van der Waals surface area contributed by atoms with Gasteiger partial charge in [0.2, 0.25) is 11.8 Å². The molecule has 0 bridgehead atoms. The third-order valence-electron chi connectivity index (χ3n) is 5.60. The number of likely N-dealkylation sites (N-methyl/N-ethyl adjacent to an activating group) is 1.